The van der Waals surface area contributed by atoms with Crippen LogP contribution in [0.5, 0.6) is 0 Å². The lowest BCUT2D eigenvalue weighted by Crippen LogP contribution is -2.23. The van der Waals surface area contributed by atoms with Crippen molar-refractivity contribution in [3.8, 4) is 0 Å². The zero-order chi connectivity index (χ0) is 13.2. The molecule has 0 bridgehead atoms. The first-order valence-electron chi connectivity index (χ1n) is 6.22. The van der Waals surface area contributed by atoms with Crippen molar-refractivity contribution in [2.24, 2.45) is 0 Å². The van der Waals surface area contributed by atoms with Gasteiger partial charge in [-0.25, -0.2) is 4.39 Å². The van der Waals surface area contributed by atoms with E-state index in [1.54, 1.807) is 6.07 Å². The molecule has 4 heteroatoms. The van der Waals surface area contributed by atoms with E-state index in [0.29, 0.717) is 5.56 Å². The van der Waals surface area contributed by atoms with E-state index in [-0.39, 0.29) is 11.3 Å². The summed E-state index contributed by atoms with van der Waals surface area (Å²) in [6.07, 6.45) is 3.46. The Bertz CT molecular complexity index is 640. The fourth-order valence-electron chi connectivity index (χ4n) is 2.34. The molecule has 0 saturated carbocycles. The van der Waals surface area contributed by atoms with Crippen molar-refractivity contribution < 1.29 is 9.18 Å². The molecule has 0 saturated heterocycles. The van der Waals surface area contributed by atoms with Gasteiger partial charge in [-0.15, -0.1) is 0 Å². The van der Waals surface area contributed by atoms with E-state index in [2.05, 4.69) is 10.3 Å². The van der Waals surface area contributed by atoms with Crippen LogP contribution < -0.4 is 5.32 Å². The zero-order valence-electron chi connectivity index (χ0n) is 10.3. The van der Waals surface area contributed by atoms with Crippen molar-refractivity contribution in [3.63, 3.8) is 0 Å². The Balaban J connectivity index is 1.98. The maximum absolute atomic E-state index is 13.6. The lowest BCUT2D eigenvalue weighted by atomic mass is 9.95. The van der Waals surface area contributed by atoms with Gasteiger partial charge in [-0.3, -0.25) is 9.78 Å². The van der Waals surface area contributed by atoms with Gasteiger partial charge in [0, 0.05) is 18.3 Å². The summed E-state index contributed by atoms with van der Waals surface area (Å²) in [6, 6.07) is 6.99. The normalized spacial score (nSPS) is 13.9. The van der Waals surface area contributed by atoms with Crippen LogP contribution in [0.2, 0.25) is 0 Å². The molecule has 0 atom stereocenters. The summed E-state index contributed by atoms with van der Waals surface area (Å²) < 4.78 is 13.6. The first kappa shape index (κ1) is 12.0. The molecule has 0 aliphatic carbocycles. The van der Waals surface area contributed by atoms with Gasteiger partial charge >= 0.3 is 0 Å². The maximum atomic E-state index is 13.6. The van der Waals surface area contributed by atoms with Crippen LogP contribution in [-0.2, 0) is 13.0 Å². The van der Waals surface area contributed by atoms with Crippen molar-refractivity contribution in [1.82, 2.24) is 10.3 Å². The first-order chi connectivity index (χ1) is 9.25. The predicted molar refractivity (Wildman–Crippen MR) is 69.5 cm³/mol. The van der Waals surface area contributed by atoms with Crippen LogP contribution >= 0.6 is 0 Å². The highest BCUT2D eigenvalue weighted by atomic mass is 19.1. The maximum Gasteiger partial charge on any atom is 0.196 e. The van der Waals surface area contributed by atoms with E-state index in [0.717, 1.165) is 31.3 Å². The number of hydrogen-bond acceptors (Lipinski definition) is 3. The molecule has 1 aliphatic rings. The molecule has 1 N–H and O–H groups in total. The number of ketones is 1. The van der Waals surface area contributed by atoms with E-state index in [9.17, 15) is 9.18 Å². The molecule has 3 nitrogen and oxygen atoms in total. The van der Waals surface area contributed by atoms with Gasteiger partial charge in [0.2, 0.25) is 0 Å². The number of benzene rings is 1. The van der Waals surface area contributed by atoms with Crippen LogP contribution in [0.1, 0.15) is 27.0 Å². The number of nitrogens with one attached hydrogen (secondary N) is 1. The Morgan fingerprint density at radius 3 is 3.00 bits per heavy atom. The first-order valence-corrected chi connectivity index (χ1v) is 6.22. The highest BCUT2D eigenvalue weighted by Gasteiger charge is 2.16. The van der Waals surface area contributed by atoms with Gasteiger partial charge in [-0.1, -0.05) is 12.1 Å². The number of nitrogens with zero attached hydrogens (tertiary/aromatic N) is 1. The highest BCUT2D eigenvalue weighted by Crippen LogP contribution is 2.19. The van der Waals surface area contributed by atoms with Gasteiger partial charge in [0.25, 0.3) is 0 Å². The third kappa shape index (κ3) is 2.27. The largest absolute Gasteiger partial charge is 0.312 e. The number of carbonyl (C=O) groups is 1. The fraction of sp³-hybridized carbons (Fsp3) is 0.200. The molecule has 96 valence electrons. The summed E-state index contributed by atoms with van der Waals surface area (Å²) in [6.45, 7) is 1.72. The van der Waals surface area contributed by atoms with Crippen LogP contribution in [-0.4, -0.2) is 17.3 Å². The van der Waals surface area contributed by atoms with Crippen molar-refractivity contribution in [2.75, 3.05) is 6.54 Å². The number of aromatic nitrogens is 1. The number of halogens is 1. The van der Waals surface area contributed by atoms with Crippen molar-refractivity contribution >= 4 is 5.78 Å². The molecular formula is C15H13FN2O. The molecule has 2 heterocycles. The third-order valence-electron chi connectivity index (χ3n) is 3.37. The Labute approximate surface area is 110 Å². The minimum atomic E-state index is -0.580. The molecule has 0 radical (unpaired) electrons. The Kier molecular flexibility index (Phi) is 3.09. The summed E-state index contributed by atoms with van der Waals surface area (Å²) in [7, 11) is 0. The average molecular weight is 256 g/mol. The summed E-state index contributed by atoms with van der Waals surface area (Å²) >= 11 is 0. The number of carbonyl (C=O) groups excluding carboxylic acids is 1. The quantitative estimate of drug-likeness (QED) is 0.837. The minimum absolute atomic E-state index is 0.0683. The Hall–Kier alpha value is -2.07. The summed E-state index contributed by atoms with van der Waals surface area (Å²) in [5.74, 6) is -0.878. The van der Waals surface area contributed by atoms with Gasteiger partial charge in [-0.05, 0) is 36.2 Å². The van der Waals surface area contributed by atoms with Gasteiger partial charge in [0.15, 0.2) is 11.6 Å². The van der Waals surface area contributed by atoms with Gasteiger partial charge in [0.05, 0.1) is 11.8 Å². The summed E-state index contributed by atoms with van der Waals surface area (Å²) in [5, 5.41) is 3.26. The molecule has 3 rings (SSSR count). The number of fused-ring (bicyclic) bond motifs is 1. The van der Waals surface area contributed by atoms with Crippen molar-refractivity contribution in [1.29, 1.82) is 0 Å². The van der Waals surface area contributed by atoms with E-state index < -0.39 is 5.82 Å². The average Bonchev–Trinajstić information content (AvgIpc) is 2.46. The van der Waals surface area contributed by atoms with Crippen molar-refractivity contribution in [3.05, 3.63) is 64.7 Å². The van der Waals surface area contributed by atoms with Crippen LogP contribution in [0.25, 0.3) is 0 Å². The van der Waals surface area contributed by atoms with Crippen LogP contribution in [0.15, 0.2) is 36.7 Å². The second-order valence-electron chi connectivity index (χ2n) is 4.59. The predicted octanol–water partition coefficient (Wildman–Crippen LogP) is 2.10. The zero-order valence-corrected chi connectivity index (χ0v) is 10.3. The third-order valence-corrected chi connectivity index (χ3v) is 3.37. The molecule has 1 aromatic heterocycles. The number of hydrogen-bond donors (Lipinski definition) is 1. The molecule has 0 unspecified atom stereocenters. The topological polar surface area (TPSA) is 42.0 Å². The molecular weight excluding hydrogens is 243 g/mol. The van der Waals surface area contributed by atoms with Gasteiger partial charge < -0.3 is 5.32 Å². The lowest BCUT2D eigenvalue weighted by Gasteiger charge is -2.17. The standard InChI is InChI=1S/C15H13FN2O/c16-14-9-18-6-4-13(14)15(19)11-2-1-10-3-5-17-8-12(10)7-11/h1-2,4,6-7,9,17H,3,5,8H2. The molecule has 1 aliphatic heterocycles. The Morgan fingerprint density at radius 1 is 1.26 bits per heavy atom. The smallest absolute Gasteiger partial charge is 0.196 e. The lowest BCUT2D eigenvalue weighted by molar-refractivity contribution is 0.103. The number of rotatable bonds is 2. The SMILES string of the molecule is O=C(c1ccc2c(c1)CNCC2)c1ccncc1F. The second-order valence-corrected chi connectivity index (χ2v) is 4.59. The van der Waals surface area contributed by atoms with E-state index >= 15 is 0 Å². The van der Waals surface area contributed by atoms with E-state index in [1.807, 2.05) is 12.1 Å². The molecule has 1 aromatic carbocycles. The van der Waals surface area contributed by atoms with E-state index in [4.69, 9.17) is 0 Å². The summed E-state index contributed by atoms with van der Waals surface area (Å²) in [5.41, 5.74) is 2.96. The van der Waals surface area contributed by atoms with Crippen LogP contribution in [0.3, 0.4) is 0 Å². The highest BCUT2D eigenvalue weighted by molar-refractivity contribution is 6.09. The fourth-order valence-corrected chi connectivity index (χ4v) is 2.34. The summed E-state index contributed by atoms with van der Waals surface area (Å²) in [4.78, 5) is 15.9. The molecule has 0 spiro atoms. The molecule has 0 amide bonds. The van der Waals surface area contributed by atoms with Crippen LogP contribution in [0.4, 0.5) is 4.39 Å². The number of pyridine rings is 1. The molecule has 0 fully saturated rings. The van der Waals surface area contributed by atoms with Gasteiger partial charge in [0.1, 0.15) is 0 Å². The second kappa shape index (κ2) is 4.90. The van der Waals surface area contributed by atoms with Crippen LogP contribution in [0, 0.1) is 5.82 Å². The molecule has 19 heavy (non-hydrogen) atoms. The monoisotopic (exact) mass is 256 g/mol. The van der Waals surface area contributed by atoms with Gasteiger partial charge in [-0.2, -0.15) is 0 Å². The Morgan fingerprint density at radius 2 is 2.16 bits per heavy atom. The minimum Gasteiger partial charge on any atom is -0.312 e. The van der Waals surface area contributed by atoms with Crippen molar-refractivity contribution in [2.45, 2.75) is 13.0 Å². The molecule has 2 aromatic rings. The van der Waals surface area contributed by atoms with E-state index in [1.165, 1.54) is 17.8 Å².